The van der Waals surface area contributed by atoms with Gasteiger partial charge in [-0.15, -0.1) is 0 Å². The van der Waals surface area contributed by atoms with E-state index in [0.717, 1.165) is 6.54 Å². The van der Waals surface area contributed by atoms with E-state index in [1.807, 2.05) is 6.92 Å². The molecule has 1 heterocycles. The fourth-order valence-corrected chi connectivity index (χ4v) is 1.72. The average Bonchev–Trinajstić information content (AvgIpc) is 2.93. The van der Waals surface area contributed by atoms with Gasteiger partial charge >= 0.3 is 0 Å². The van der Waals surface area contributed by atoms with E-state index < -0.39 is 0 Å². The summed E-state index contributed by atoms with van der Waals surface area (Å²) in [5, 5.41) is 15.6. The molecule has 20 heavy (non-hydrogen) atoms. The minimum atomic E-state index is -0.247. The second kappa shape index (κ2) is 6.55. The van der Waals surface area contributed by atoms with Crippen LogP contribution in [0, 0.1) is 11.8 Å². The van der Waals surface area contributed by atoms with Gasteiger partial charge in [-0.2, -0.15) is 5.10 Å². The van der Waals surface area contributed by atoms with Crippen molar-refractivity contribution in [2.45, 2.75) is 13.5 Å². The molecule has 1 aromatic heterocycles. The predicted octanol–water partition coefficient (Wildman–Crippen LogP) is 1.50. The number of carbonyl (C=O) groups is 1. The molecule has 0 fully saturated rings. The lowest BCUT2D eigenvalue weighted by Crippen LogP contribution is -2.13. The number of anilines is 1. The maximum Gasteiger partial charge on any atom is 0.257 e. The van der Waals surface area contributed by atoms with Gasteiger partial charge in [0.15, 0.2) is 0 Å². The Morgan fingerprint density at radius 2 is 2.25 bits per heavy atom. The van der Waals surface area contributed by atoms with Gasteiger partial charge in [-0.3, -0.25) is 9.48 Å². The molecule has 102 valence electrons. The molecule has 2 rings (SSSR count). The first-order valence-electron chi connectivity index (χ1n) is 6.27. The van der Waals surface area contributed by atoms with Crippen LogP contribution in [0.2, 0.25) is 0 Å². The second-order valence-corrected chi connectivity index (χ2v) is 4.04. The topological polar surface area (TPSA) is 67.2 Å². The van der Waals surface area contributed by atoms with Gasteiger partial charge in [0.25, 0.3) is 5.91 Å². The van der Waals surface area contributed by atoms with Gasteiger partial charge < -0.3 is 10.4 Å². The molecule has 0 aliphatic rings. The van der Waals surface area contributed by atoms with Crippen molar-refractivity contribution in [3.8, 4) is 11.8 Å². The van der Waals surface area contributed by atoms with Crippen LogP contribution in [-0.2, 0) is 6.54 Å². The minimum Gasteiger partial charge on any atom is -0.384 e. The molecule has 0 saturated heterocycles. The van der Waals surface area contributed by atoms with Crippen LogP contribution in [0.15, 0.2) is 36.7 Å². The summed E-state index contributed by atoms with van der Waals surface area (Å²) < 4.78 is 1.73. The van der Waals surface area contributed by atoms with E-state index in [1.165, 1.54) is 0 Å². The summed E-state index contributed by atoms with van der Waals surface area (Å²) in [6.07, 6.45) is 3.36. The Bertz CT molecular complexity index is 665. The number of aliphatic hydroxyl groups is 1. The van der Waals surface area contributed by atoms with Crippen LogP contribution in [0.4, 0.5) is 5.69 Å². The number of hydrogen-bond donors (Lipinski definition) is 2. The molecule has 0 atom stereocenters. The lowest BCUT2D eigenvalue weighted by atomic mass is 10.1. The number of benzene rings is 1. The Morgan fingerprint density at radius 3 is 2.95 bits per heavy atom. The van der Waals surface area contributed by atoms with Crippen molar-refractivity contribution in [3.05, 3.63) is 47.8 Å². The van der Waals surface area contributed by atoms with Gasteiger partial charge in [0.05, 0.1) is 17.4 Å². The Kier molecular flexibility index (Phi) is 4.53. The highest BCUT2D eigenvalue weighted by molar-refractivity contribution is 6.05. The molecule has 0 radical (unpaired) electrons. The normalized spacial score (nSPS) is 9.70. The molecule has 5 heteroatoms. The van der Waals surface area contributed by atoms with E-state index in [4.69, 9.17) is 5.11 Å². The summed E-state index contributed by atoms with van der Waals surface area (Å²) in [4.78, 5) is 12.2. The van der Waals surface area contributed by atoms with E-state index >= 15 is 0 Å². The maximum absolute atomic E-state index is 12.2. The van der Waals surface area contributed by atoms with Gasteiger partial charge in [0.2, 0.25) is 0 Å². The standard InChI is InChI=1S/C15H15N3O2/c1-2-18-11-13(10-16-18)17-15(20)14-8-4-3-6-12(14)7-5-9-19/h3-4,6,8,10-11,19H,2,9H2,1H3,(H,17,20). The van der Waals surface area contributed by atoms with Crippen molar-refractivity contribution >= 4 is 11.6 Å². The summed E-state index contributed by atoms with van der Waals surface area (Å²) in [6.45, 7) is 2.48. The number of rotatable bonds is 3. The predicted molar refractivity (Wildman–Crippen MR) is 76.3 cm³/mol. The SMILES string of the molecule is CCn1cc(NC(=O)c2ccccc2C#CCO)cn1. The number of nitrogens with one attached hydrogen (secondary N) is 1. The smallest absolute Gasteiger partial charge is 0.257 e. The quantitative estimate of drug-likeness (QED) is 0.830. The molecular formula is C15H15N3O2. The summed E-state index contributed by atoms with van der Waals surface area (Å²) in [6, 6.07) is 7.01. The monoisotopic (exact) mass is 269 g/mol. The van der Waals surface area contributed by atoms with Crippen molar-refractivity contribution in [1.29, 1.82) is 0 Å². The molecule has 1 amide bonds. The number of nitrogens with zero attached hydrogens (tertiary/aromatic N) is 2. The molecule has 0 aliphatic heterocycles. The van der Waals surface area contributed by atoms with Crippen molar-refractivity contribution < 1.29 is 9.90 Å². The van der Waals surface area contributed by atoms with E-state index in [1.54, 1.807) is 41.3 Å². The van der Waals surface area contributed by atoms with Crippen molar-refractivity contribution in [3.63, 3.8) is 0 Å². The van der Waals surface area contributed by atoms with Gasteiger partial charge in [-0.25, -0.2) is 0 Å². The van der Waals surface area contributed by atoms with Crippen LogP contribution in [-0.4, -0.2) is 27.4 Å². The van der Waals surface area contributed by atoms with E-state index in [-0.39, 0.29) is 12.5 Å². The van der Waals surface area contributed by atoms with E-state index in [2.05, 4.69) is 22.3 Å². The van der Waals surface area contributed by atoms with Crippen LogP contribution in [0.3, 0.4) is 0 Å². The number of hydrogen-bond acceptors (Lipinski definition) is 3. The first-order valence-corrected chi connectivity index (χ1v) is 6.27. The number of aromatic nitrogens is 2. The molecule has 0 unspecified atom stereocenters. The molecular weight excluding hydrogens is 254 g/mol. The highest BCUT2D eigenvalue weighted by Crippen LogP contribution is 2.11. The summed E-state index contributed by atoms with van der Waals surface area (Å²) in [7, 11) is 0. The molecule has 0 spiro atoms. The van der Waals surface area contributed by atoms with Gasteiger partial charge in [-0.1, -0.05) is 24.0 Å². The third kappa shape index (κ3) is 3.25. The van der Waals surface area contributed by atoms with E-state index in [9.17, 15) is 4.79 Å². The Balaban J connectivity index is 2.20. The van der Waals surface area contributed by atoms with Crippen molar-refractivity contribution in [2.24, 2.45) is 0 Å². The zero-order chi connectivity index (χ0) is 14.4. The number of carbonyl (C=O) groups excluding carboxylic acids is 1. The first kappa shape index (κ1) is 13.8. The molecule has 0 bridgehead atoms. The van der Waals surface area contributed by atoms with Gasteiger partial charge in [-0.05, 0) is 19.1 Å². The van der Waals surface area contributed by atoms with Crippen LogP contribution in [0.5, 0.6) is 0 Å². The Labute approximate surface area is 117 Å². The lowest BCUT2D eigenvalue weighted by molar-refractivity contribution is 0.102. The third-order valence-corrected chi connectivity index (χ3v) is 2.69. The maximum atomic E-state index is 12.2. The first-order chi connectivity index (χ1) is 9.74. The van der Waals surface area contributed by atoms with Crippen LogP contribution < -0.4 is 5.32 Å². The summed E-state index contributed by atoms with van der Waals surface area (Å²) in [5.41, 5.74) is 1.70. The number of amides is 1. The largest absolute Gasteiger partial charge is 0.384 e. The zero-order valence-corrected chi connectivity index (χ0v) is 11.1. The highest BCUT2D eigenvalue weighted by atomic mass is 16.2. The van der Waals surface area contributed by atoms with Crippen LogP contribution >= 0.6 is 0 Å². The second-order valence-electron chi connectivity index (χ2n) is 4.04. The van der Waals surface area contributed by atoms with Crippen molar-refractivity contribution in [2.75, 3.05) is 11.9 Å². The molecule has 5 nitrogen and oxygen atoms in total. The average molecular weight is 269 g/mol. The molecule has 1 aromatic carbocycles. The Morgan fingerprint density at radius 1 is 1.45 bits per heavy atom. The fraction of sp³-hybridized carbons (Fsp3) is 0.200. The zero-order valence-electron chi connectivity index (χ0n) is 11.1. The highest BCUT2D eigenvalue weighted by Gasteiger charge is 2.10. The van der Waals surface area contributed by atoms with Crippen LogP contribution in [0.1, 0.15) is 22.8 Å². The van der Waals surface area contributed by atoms with Crippen LogP contribution in [0.25, 0.3) is 0 Å². The molecule has 0 saturated carbocycles. The Hall–Kier alpha value is -2.58. The lowest BCUT2D eigenvalue weighted by Gasteiger charge is -2.04. The summed E-state index contributed by atoms with van der Waals surface area (Å²) >= 11 is 0. The van der Waals surface area contributed by atoms with Crippen molar-refractivity contribution in [1.82, 2.24) is 9.78 Å². The fourth-order valence-electron chi connectivity index (χ4n) is 1.72. The van der Waals surface area contributed by atoms with Gasteiger partial charge in [0, 0.05) is 18.3 Å². The number of aliphatic hydroxyl groups excluding tert-OH is 1. The molecule has 2 N–H and O–H groups in total. The molecule has 2 aromatic rings. The van der Waals surface area contributed by atoms with Gasteiger partial charge in [0.1, 0.15) is 6.61 Å². The number of aryl methyl sites for hydroxylation is 1. The minimum absolute atomic E-state index is 0.237. The molecule has 0 aliphatic carbocycles. The summed E-state index contributed by atoms with van der Waals surface area (Å²) in [5.74, 6) is 5.06. The van der Waals surface area contributed by atoms with E-state index in [0.29, 0.717) is 16.8 Å². The third-order valence-electron chi connectivity index (χ3n) is 2.69.